The van der Waals surface area contributed by atoms with E-state index in [-0.39, 0.29) is 18.3 Å². The Morgan fingerprint density at radius 3 is 2.54 bits per heavy atom. The van der Waals surface area contributed by atoms with Gasteiger partial charge < -0.3 is 20.0 Å². The lowest BCUT2D eigenvalue weighted by Gasteiger charge is -2.24. The first-order chi connectivity index (χ1) is 11.7. The van der Waals surface area contributed by atoms with Crippen LogP contribution in [0.15, 0.2) is 21.1 Å². The molecule has 0 bridgehead atoms. The molecule has 0 fully saturated rings. The van der Waals surface area contributed by atoms with Gasteiger partial charge in [0.1, 0.15) is 11.5 Å². The molecule has 0 radical (unpaired) electrons. The second-order valence-electron chi connectivity index (χ2n) is 6.87. The van der Waals surface area contributed by atoms with Crippen molar-refractivity contribution >= 4 is 29.4 Å². The van der Waals surface area contributed by atoms with Gasteiger partial charge in [-0.15, -0.1) is 12.4 Å². The first kappa shape index (κ1) is 19.9. The third-order valence-corrected chi connectivity index (χ3v) is 4.14. The van der Waals surface area contributed by atoms with E-state index in [0.717, 1.165) is 17.1 Å². The molecule has 1 amide bonds. The standard InChI is InChI=1S/C18H22N4O3.ClH/c1-9-6-12(11(3)24-9)14-7-13(16(23)21-18(4,5)8-19)15-10(2)22-25-17(15)20-14;/h6-7H,8,19H2,1-5H3,(H,21,23);1H. The number of nitrogens with one attached hydrogen (secondary N) is 1. The van der Waals surface area contributed by atoms with Gasteiger partial charge in [-0.2, -0.15) is 0 Å². The number of carbonyl (C=O) groups is 1. The number of nitrogens with two attached hydrogens (primary N) is 1. The molecule has 0 aliphatic heterocycles. The molecule has 8 heteroatoms. The first-order valence-electron chi connectivity index (χ1n) is 8.09. The summed E-state index contributed by atoms with van der Waals surface area (Å²) in [4.78, 5) is 17.4. The molecule has 0 spiro atoms. The van der Waals surface area contributed by atoms with Crippen molar-refractivity contribution in [3.8, 4) is 11.3 Å². The van der Waals surface area contributed by atoms with Gasteiger partial charge in [0.15, 0.2) is 0 Å². The van der Waals surface area contributed by atoms with Crippen molar-refractivity contribution in [2.75, 3.05) is 6.54 Å². The number of aryl methyl sites for hydroxylation is 3. The Kier molecular flexibility index (Phi) is 5.44. The summed E-state index contributed by atoms with van der Waals surface area (Å²) in [6.45, 7) is 9.57. The number of carbonyl (C=O) groups excluding carboxylic acids is 1. The van der Waals surface area contributed by atoms with Gasteiger partial charge in [0.25, 0.3) is 11.6 Å². The predicted molar refractivity (Wildman–Crippen MR) is 102 cm³/mol. The molecule has 26 heavy (non-hydrogen) atoms. The highest BCUT2D eigenvalue weighted by atomic mass is 35.5. The molecule has 0 atom stereocenters. The Bertz CT molecular complexity index is 959. The quantitative estimate of drug-likeness (QED) is 0.721. The van der Waals surface area contributed by atoms with E-state index >= 15 is 0 Å². The SMILES string of the molecule is Cc1cc(-c2cc(C(=O)NC(C)(C)CN)c3c(C)noc3n2)c(C)o1.Cl. The molecule has 0 aromatic carbocycles. The van der Waals surface area contributed by atoms with Crippen LogP contribution in [0.4, 0.5) is 0 Å². The maximum absolute atomic E-state index is 12.9. The molecule has 3 heterocycles. The van der Waals surface area contributed by atoms with Crippen molar-refractivity contribution in [2.45, 2.75) is 40.2 Å². The summed E-state index contributed by atoms with van der Waals surface area (Å²) >= 11 is 0. The lowest BCUT2D eigenvalue weighted by molar-refractivity contribution is 0.0917. The van der Waals surface area contributed by atoms with Crippen molar-refractivity contribution in [3.05, 3.63) is 34.9 Å². The van der Waals surface area contributed by atoms with Gasteiger partial charge >= 0.3 is 0 Å². The zero-order valence-electron chi connectivity index (χ0n) is 15.5. The maximum atomic E-state index is 12.9. The molecular formula is C18H23ClN4O3. The van der Waals surface area contributed by atoms with Crippen molar-refractivity contribution in [3.63, 3.8) is 0 Å². The Morgan fingerprint density at radius 1 is 1.27 bits per heavy atom. The molecule has 0 aliphatic carbocycles. The number of hydrogen-bond donors (Lipinski definition) is 2. The first-order valence-corrected chi connectivity index (χ1v) is 8.09. The molecular weight excluding hydrogens is 356 g/mol. The van der Waals surface area contributed by atoms with Crippen LogP contribution in [-0.4, -0.2) is 28.1 Å². The third-order valence-electron chi connectivity index (χ3n) is 4.14. The summed E-state index contributed by atoms with van der Waals surface area (Å²) in [5, 5.41) is 7.50. The molecule has 0 aliphatic rings. The minimum Gasteiger partial charge on any atom is -0.466 e. The number of aromatic nitrogens is 2. The molecule has 0 saturated heterocycles. The van der Waals surface area contributed by atoms with Crippen molar-refractivity contribution < 1.29 is 13.7 Å². The molecule has 3 rings (SSSR count). The molecule has 3 aromatic heterocycles. The third kappa shape index (κ3) is 3.59. The lowest BCUT2D eigenvalue weighted by atomic mass is 10.0. The number of furan rings is 1. The number of fused-ring (bicyclic) bond motifs is 1. The summed E-state index contributed by atoms with van der Waals surface area (Å²) in [7, 11) is 0. The second kappa shape index (κ2) is 7.09. The summed E-state index contributed by atoms with van der Waals surface area (Å²) in [6.07, 6.45) is 0. The normalized spacial score (nSPS) is 11.5. The van der Waals surface area contributed by atoms with E-state index in [1.54, 1.807) is 13.0 Å². The fourth-order valence-corrected chi connectivity index (χ4v) is 2.72. The van der Waals surface area contributed by atoms with Crippen molar-refractivity contribution in [1.82, 2.24) is 15.5 Å². The molecule has 3 N–H and O–H groups in total. The monoisotopic (exact) mass is 378 g/mol. The molecule has 3 aromatic rings. The van der Waals surface area contributed by atoms with Crippen LogP contribution >= 0.6 is 12.4 Å². The number of nitrogens with zero attached hydrogens (tertiary/aromatic N) is 2. The summed E-state index contributed by atoms with van der Waals surface area (Å²) in [6, 6.07) is 3.63. The van der Waals surface area contributed by atoms with Gasteiger partial charge in [0, 0.05) is 17.6 Å². The van der Waals surface area contributed by atoms with Crippen molar-refractivity contribution in [2.24, 2.45) is 5.73 Å². The van der Waals surface area contributed by atoms with Gasteiger partial charge in [-0.3, -0.25) is 4.79 Å². The number of pyridine rings is 1. The molecule has 0 unspecified atom stereocenters. The van der Waals surface area contributed by atoms with E-state index in [2.05, 4.69) is 15.5 Å². The fourth-order valence-electron chi connectivity index (χ4n) is 2.72. The molecule has 0 saturated carbocycles. The van der Waals surface area contributed by atoms with Crippen LogP contribution in [0, 0.1) is 20.8 Å². The Labute approximate surface area is 157 Å². The summed E-state index contributed by atoms with van der Waals surface area (Å²) in [5.41, 5.74) is 8.02. The van der Waals surface area contributed by atoms with Gasteiger partial charge in [-0.1, -0.05) is 5.16 Å². The minimum absolute atomic E-state index is 0. The average Bonchev–Trinajstić information content (AvgIpc) is 3.08. The number of halogens is 1. The highest BCUT2D eigenvalue weighted by Gasteiger charge is 2.25. The van der Waals surface area contributed by atoms with E-state index in [1.165, 1.54) is 0 Å². The van der Waals surface area contributed by atoms with E-state index in [0.29, 0.717) is 34.6 Å². The molecule has 7 nitrogen and oxygen atoms in total. The van der Waals surface area contributed by atoms with E-state index in [4.69, 9.17) is 14.7 Å². The van der Waals surface area contributed by atoms with Gasteiger partial charge in [-0.05, 0) is 46.8 Å². The zero-order valence-corrected chi connectivity index (χ0v) is 16.3. The van der Waals surface area contributed by atoms with Crippen LogP contribution < -0.4 is 11.1 Å². The highest BCUT2D eigenvalue weighted by molar-refractivity contribution is 6.07. The van der Waals surface area contributed by atoms with Crippen LogP contribution in [-0.2, 0) is 0 Å². The Balaban J connectivity index is 0.00000243. The maximum Gasteiger partial charge on any atom is 0.259 e. The topological polar surface area (TPSA) is 107 Å². The van der Waals surface area contributed by atoms with Crippen LogP contribution in [0.25, 0.3) is 22.4 Å². The smallest absolute Gasteiger partial charge is 0.259 e. The van der Waals surface area contributed by atoms with Crippen LogP contribution in [0.2, 0.25) is 0 Å². The van der Waals surface area contributed by atoms with E-state index in [1.807, 2.05) is 33.8 Å². The second-order valence-corrected chi connectivity index (χ2v) is 6.87. The summed E-state index contributed by atoms with van der Waals surface area (Å²) in [5.74, 6) is 1.26. The van der Waals surface area contributed by atoms with Crippen LogP contribution in [0.3, 0.4) is 0 Å². The zero-order chi connectivity index (χ0) is 18.4. The Morgan fingerprint density at radius 2 is 1.96 bits per heavy atom. The fraction of sp³-hybridized carbons (Fsp3) is 0.389. The lowest BCUT2D eigenvalue weighted by Crippen LogP contribution is -2.48. The van der Waals surface area contributed by atoms with Crippen molar-refractivity contribution in [1.29, 1.82) is 0 Å². The van der Waals surface area contributed by atoms with Crippen LogP contribution in [0.1, 0.15) is 41.4 Å². The Hall–Kier alpha value is -2.38. The van der Waals surface area contributed by atoms with E-state index in [9.17, 15) is 4.79 Å². The highest BCUT2D eigenvalue weighted by Crippen LogP contribution is 2.30. The number of rotatable bonds is 4. The minimum atomic E-state index is -0.528. The number of hydrogen-bond acceptors (Lipinski definition) is 6. The predicted octanol–water partition coefficient (Wildman–Crippen LogP) is 3.30. The van der Waals surface area contributed by atoms with Crippen LogP contribution in [0.5, 0.6) is 0 Å². The van der Waals surface area contributed by atoms with Gasteiger partial charge in [0.2, 0.25) is 0 Å². The average molecular weight is 379 g/mol. The molecule has 140 valence electrons. The van der Waals surface area contributed by atoms with E-state index < -0.39 is 5.54 Å². The largest absolute Gasteiger partial charge is 0.466 e. The summed E-state index contributed by atoms with van der Waals surface area (Å²) < 4.78 is 10.9. The number of amides is 1. The van der Waals surface area contributed by atoms with Gasteiger partial charge in [-0.25, -0.2) is 4.98 Å². The van der Waals surface area contributed by atoms with Gasteiger partial charge in [0.05, 0.1) is 22.3 Å².